The van der Waals surface area contributed by atoms with Crippen LogP contribution < -0.4 is 0 Å². The summed E-state index contributed by atoms with van der Waals surface area (Å²) in [6, 6.07) is 15.4. The van der Waals surface area contributed by atoms with Gasteiger partial charge in [0, 0.05) is 22.0 Å². The quantitative estimate of drug-likeness (QED) is 0.530. The number of hydrogen-bond acceptors (Lipinski definition) is 3. The molecule has 2 nitrogen and oxygen atoms in total. The smallest absolute Gasteiger partial charge is 0.173 e. The molecule has 2 aromatic carbocycles. The SMILES string of the molecule is O=C(CSc1ccc(F)cc1)c1cccc2ncccc12. The largest absolute Gasteiger partial charge is 0.293 e. The molecule has 0 fully saturated rings. The molecule has 0 spiro atoms. The van der Waals surface area contributed by atoms with Crippen LogP contribution in [0, 0.1) is 5.82 Å². The molecule has 4 heteroatoms. The summed E-state index contributed by atoms with van der Waals surface area (Å²) in [6.07, 6.45) is 1.71. The van der Waals surface area contributed by atoms with Gasteiger partial charge in [-0.25, -0.2) is 4.39 Å². The van der Waals surface area contributed by atoms with E-state index in [9.17, 15) is 9.18 Å². The third-order valence-electron chi connectivity index (χ3n) is 3.13. The summed E-state index contributed by atoms with van der Waals surface area (Å²) in [4.78, 5) is 17.5. The molecule has 0 saturated carbocycles. The molecule has 0 radical (unpaired) electrons. The number of fused-ring (bicyclic) bond motifs is 1. The van der Waals surface area contributed by atoms with Crippen molar-refractivity contribution in [2.24, 2.45) is 0 Å². The number of carbonyl (C=O) groups excluding carboxylic acids is 1. The van der Waals surface area contributed by atoms with Crippen molar-refractivity contribution < 1.29 is 9.18 Å². The van der Waals surface area contributed by atoms with Crippen LogP contribution in [0.15, 0.2) is 65.7 Å². The van der Waals surface area contributed by atoms with Crippen molar-refractivity contribution in [2.45, 2.75) is 4.90 Å². The van der Waals surface area contributed by atoms with Crippen LogP contribution in [0.3, 0.4) is 0 Å². The third-order valence-corrected chi connectivity index (χ3v) is 4.14. The highest BCUT2D eigenvalue weighted by molar-refractivity contribution is 8.00. The Bertz CT molecular complexity index is 781. The summed E-state index contributed by atoms with van der Waals surface area (Å²) in [5.41, 5.74) is 1.49. The highest BCUT2D eigenvalue weighted by Gasteiger charge is 2.10. The van der Waals surface area contributed by atoms with Crippen LogP contribution >= 0.6 is 11.8 Å². The lowest BCUT2D eigenvalue weighted by Gasteiger charge is -2.05. The monoisotopic (exact) mass is 297 g/mol. The van der Waals surface area contributed by atoms with Gasteiger partial charge in [-0.15, -0.1) is 11.8 Å². The van der Waals surface area contributed by atoms with Gasteiger partial charge in [-0.3, -0.25) is 9.78 Å². The third kappa shape index (κ3) is 3.11. The minimum atomic E-state index is -0.272. The Balaban J connectivity index is 1.79. The van der Waals surface area contributed by atoms with Crippen molar-refractivity contribution >= 4 is 28.4 Å². The topological polar surface area (TPSA) is 30.0 Å². The molecule has 21 heavy (non-hydrogen) atoms. The first-order chi connectivity index (χ1) is 10.2. The van der Waals surface area contributed by atoms with Gasteiger partial charge < -0.3 is 0 Å². The van der Waals surface area contributed by atoms with Crippen LogP contribution in [-0.4, -0.2) is 16.5 Å². The zero-order valence-corrected chi connectivity index (χ0v) is 11.9. The first-order valence-electron chi connectivity index (χ1n) is 6.49. The van der Waals surface area contributed by atoms with Crippen molar-refractivity contribution in [1.29, 1.82) is 0 Å². The van der Waals surface area contributed by atoms with Gasteiger partial charge in [0.25, 0.3) is 0 Å². The van der Waals surface area contributed by atoms with E-state index in [0.717, 1.165) is 15.8 Å². The van der Waals surface area contributed by atoms with Gasteiger partial charge in [-0.1, -0.05) is 18.2 Å². The molecule has 0 aliphatic rings. The Labute approximate surface area is 126 Å². The van der Waals surface area contributed by atoms with Gasteiger partial charge in [0.15, 0.2) is 5.78 Å². The highest BCUT2D eigenvalue weighted by atomic mass is 32.2. The van der Waals surface area contributed by atoms with Gasteiger partial charge >= 0.3 is 0 Å². The van der Waals surface area contributed by atoms with E-state index in [4.69, 9.17) is 0 Å². The maximum Gasteiger partial charge on any atom is 0.173 e. The van der Waals surface area contributed by atoms with Crippen LogP contribution in [0.2, 0.25) is 0 Å². The zero-order valence-electron chi connectivity index (χ0n) is 11.1. The highest BCUT2D eigenvalue weighted by Crippen LogP contribution is 2.22. The van der Waals surface area contributed by atoms with Crippen molar-refractivity contribution in [3.05, 3.63) is 72.2 Å². The fourth-order valence-electron chi connectivity index (χ4n) is 2.10. The van der Waals surface area contributed by atoms with Crippen LogP contribution in [0.4, 0.5) is 4.39 Å². The number of benzene rings is 2. The Morgan fingerprint density at radius 2 is 1.86 bits per heavy atom. The van der Waals surface area contributed by atoms with E-state index in [0.29, 0.717) is 11.3 Å². The normalized spacial score (nSPS) is 10.7. The van der Waals surface area contributed by atoms with Crippen LogP contribution in [0.1, 0.15) is 10.4 Å². The summed E-state index contributed by atoms with van der Waals surface area (Å²) in [6.45, 7) is 0. The number of halogens is 1. The van der Waals surface area contributed by atoms with Gasteiger partial charge in [0.1, 0.15) is 5.82 Å². The summed E-state index contributed by atoms with van der Waals surface area (Å²) >= 11 is 1.40. The fourth-order valence-corrected chi connectivity index (χ4v) is 2.89. The lowest BCUT2D eigenvalue weighted by atomic mass is 10.1. The molecule has 1 aromatic heterocycles. The first kappa shape index (κ1) is 13.8. The van der Waals surface area contributed by atoms with E-state index < -0.39 is 0 Å². The molecular weight excluding hydrogens is 285 g/mol. The molecule has 3 rings (SSSR count). The van der Waals surface area contributed by atoms with Crippen molar-refractivity contribution in [3.8, 4) is 0 Å². The van der Waals surface area contributed by atoms with Crippen molar-refractivity contribution in [2.75, 3.05) is 5.75 Å². The predicted octanol–water partition coefficient (Wildman–Crippen LogP) is 4.35. The minimum absolute atomic E-state index is 0.0444. The Kier molecular flexibility index (Phi) is 3.97. The van der Waals surface area contributed by atoms with Crippen LogP contribution in [0.25, 0.3) is 10.9 Å². The number of hydrogen-bond donors (Lipinski definition) is 0. The van der Waals surface area contributed by atoms with E-state index in [1.807, 2.05) is 30.3 Å². The number of pyridine rings is 1. The average Bonchev–Trinajstić information content (AvgIpc) is 2.53. The maximum absolute atomic E-state index is 12.8. The number of nitrogens with zero attached hydrogens (tertiary/aromatic N) is 1. The predicted molar refractivity (Wildman–Crippen MR) is 83.2 cm³/mol. The van der Waals surface area contributed by atoms with E-state index in [2.05, 4.69) is 4.98 Å². The summed E-state index contributed by atoms with van der Waals surface area (Å²) in [5, 5.41) is 0.865. The molecule has 3 aromatic rings. The molecule has 0 saturated heterocycles. The Hall–Kier alpha value is -2.20. The standard InChI is InChI=1S/C17H12FNOS/c18-12-6-8-13(9-7-12)21-11-17(20)15-3-1-5-16-14(15)4-2-10-19-16/h1-10H,11H2. The number of Topliss-reactive ketones (excluding diaryl/α,β-unsaturated/α-hetero) is 1. The second-order valence-electron chi connectivity index (χ2n) is 4.54. The van der Waals surface area contributed by atoms with Gasteiger partial charge in [0.05, 0.1) is 11.3 Å². The second kappa shape index (κ2) is 6.06. The Morgan fingerprint density at radius 1 is 1.05 bits per heavy atom. The molecular formula is C17H12FNOS. The lowest BCUT2D eigenvalue weighted by molar-refractivity contribution is 0.102. The minimum Gasteiger partial charge on any atom is -0.293 e. The van der Waals surface area contributed by atoms with Gasteiger partial charge in [0.2, 0.25) is 0 Å². The molecule has 0 N–H and O–H groups in total. The lowest BCUT2D eigenvalue weighted by Crippen LogP contribution is -2.03. The summed E-state index contributed by atoms with van der Waals surface area (Å²) in [5.74, 6) is 0.0911. The van der Waals surface area contributed by atoms with E-state index in [-0.39, 0.29) is 11.6 Å². The molecule has 0 aliphatic carbocycles. The Morgan fingerprint density at radius 3 is 2.67 bits per heavy atom. The number of ketones is 1. The number of rotatable bonds is 4. The summed E-state index contributed by atoms with van der Waals surface area (Å²) < 4.78 is 12.8. The fraction of sp³-hybridized carbons (Fsp3) is 0.0588. The van der Waals surface area contributed by atoms with E-state index in [1.165, 1.54) is 23.9 Å². The maximum atomic E-state index is 12.8. The molecule has 0 atom stereocenters. The van der Waals surface area contributed by atoms with Gasteiger partial charge in [-0.05, 0) is 36.4 Å². The molecule has 0 amide bonds. The number of carbonyl (C=O) groups is 1. The van der Waals surface area contributed by atoms with Crippen molar-refractivity contribution in [3.63, 3.8) is 0 Å². The molecule has 0 bridgehead atoms. The molecule has 0 unspecified atom stereocenters. The zero-order chi connectivity index (χ0) is 14.7. The van der Waals surface area contributed by atoms with Crippen LogP contribution in [0.5, 0.6) is 0 Å². The number of thioether (sulfide) groups is 1. The van der Waals surface area contributed by atoms with Crippen molar-refractivity contribution in [1.82, 2.24) is 4.98 Å². The first-order valence-corrected chi connectivity index (χ1v) is 7.48. The van der Waals surface area contributed by atoms with Crippen LogP contribution in [-0.2, 0) is 0 Å². The van der Waals surface area contributed by atoms with E-state index >= 15 is 0 Å². The average molecular weight is 297 g/mol. The van der Waals surface area contributed by atoms with E-state index in [1.54, 1.807) is 18.3 Å². The molecule has 1 heterocycles. The van der Waals surface area contributed by atoms with Gasteiger partial charge in [-0.2, -0.15) is 0 Å². The molecule has 104 valence electrons. The summed E-state index contributed by atoms with van der Waals surface area (Å²) in [7, 11) is 0. The molecule has 0 aliphatic heterocycles. The number of aromatic nitrogens is 1. The second-order valence-corrected chi connectivity index (χ2v) is 5.59.